The van der Waals surface area contributed by atoms with E-state index < -0.39 is 6.72 Å². The smallest absolute Gasteiger partial charge is 0.324 e. The number of hydrogen-bond donors (Lipinski definition) is 1. The van der Waals surface area contributed by atoms with Gasteiger partial charge in [-0.3, -0.25) is 0 Å². The van der Waals surface area contributed by atoms with Gasteiger partial charge in [0.15, 0.2) is 0 Å². The average Bonchev–Trinajstić information content (AvgIpc) is 2.05. The van der Waals surface area contributed by atoms with E-state index in [1.807, 2.05) is 0 Å². The molecule has 6 heteroatoms. The largest absolute Gasteiger partial charge is 0.324 e. The van der Waals surface area contributed by atoms with Crippen molar-refractivity contribution >= 4 is 18.5 Å². The van der Waals surface area contributed by atoms with E-state index in [0.717, 1.165) is 25.7 Å². The number of hydrogen-bond acceptors (Lipinski definition) is 3. The molecule has 0 aliphatic rings. The van der Waals surface area contributed by atoms with Crippen LogP contribution in [0.1, 0.15) is 39.5 Å². The molecule has 14 heavy (non-hydrogen) atoms. The Morgan fingerprint density at radius 2 is 1.43 bits per heavy atom. The fourth-order valence-corrected chi connectivity index (χ4v) is 1.93. The SMILES string of the molecule is CCCCOP(O)(=S)OCCCC.[Ce]. The molecule has 0 aromatic rings. The van der Waals surface area contributed by atoms with Crippen LogP contribution in [-0.2, 0) is 20.9 Å². The van der Waals surface area contributed by atoms with Crippen LogP contribution < -0.4 is 0 Å². The predicted octanol–water partition coefficient (Wildman–Crippen LogP) is 2.84. The third kappa shape index (κ3) is 12.0. The second kappa shape index (κ2) is 11.4. The summed E-state index contributed by atoms with van der Waals surface area (Å²) < 4.78 is 10.2. The quantitative estimate of drug-likeness (QED) is 0.530. The van der Waals surface area contributed by atoms with Gasteiger partial charge < -0.3 is 13.9 Å². The fourth-order valence-electron chi connectivity index (χ4n) is 0.686. The molecule has 0 saturated carbocycles. The van der Waals surface area contributed by atoms with Gasteiger partial charge in [-0.05, 0) is 24.6 Å². The Morgan fingerprint density at radius 1 is 1.07 bits per heavy atom. The summed E-state index contributed by atoms with van der Waals surface area (Å²) in [6, 6.07) is 0. The van der Waals surface area contributed by atoms with Crippen LogP contribution >= 0.6 is 6.72 Å². The molecule has 0 aliphatic heterocycles. The van der Waals surface area contributed by atoms with E-state index in [1.165, 1.54) is 0 Å². The van der Waals surface area contributed by atoms with Gasteiger partial charge in [0, 0.05) is 41.7 Å². The maximum atomic E-state index is 9.45. The molecule has 84 valence electrons. The molecule has 0 unspecified atom stereocenters. The van der Waals surface area contributed by atoms with Gasteiger partial charge >= 0.3 is 6.72 Å². The maximum Gasteiger partial charge on any atom is 0.324 e. The summed E-state index contributed by atoms with van der Waals surface area (Å²) in [6.07, 6.45) is 3.89. The van der Waals surface area contributed by atoms with E-state index in [4.69, 9.17) is 20.9 Å². The predicted molar refractivity (Wildman–Crippen MR) is 58.2 cm³/mol. The van der Waals surface area contributed by atoms with Crippen LogP contribution in [0.15, 0.2) is 0 Å². The zero-order chi connectivity index (χ0) is 10.2. The normalized spacial score (nSPS) is 11.1. The van der Waals surface area contributed by atoms with Gasteiger partial charge in [0.25, 0.3) is 0 Å². The van der Waals surface area contributed by atoms with Crippen molar-refractivity contribution in [1.29, 1.82) is 0 Å². The summed E-state index contributed by atoms with van der Waals surface area (Å²) in [5, 5.41) is 0. The van der Waals surface area contributed by atoms with E-state index in [1.54, 1.807) is 0 Å². The number of rotatable bonds is 8. The maximum absolute atomic E-state index is 9.45. The van der Waals surface area contributed by atoms with Crippen molar-refractivity contribution in [2.24, 2.45) is 0 Å². The topological polar surface area (TPSA) is 38.7 Å². The van der Waals surface area contributed by atoms with Gasteiger partial charge in [0.05, 0.1) is 13.2 Å². The Morgan fingerprint density at radius 3 is 1.71 bits per heavy atom. The summed E-state index contributed by atoms with van der Waals surface area (Å²) in [6.45, 7) is 2.19. The summed E-state index contributed by atoms with van der Waals surface area (Å²) in [5.41, 5.74) is 0. The third-order valence-electron chi connectivity index (χ3n) is 1.50. The summed E-state index contributed by atoms with van der Waals surface area (Å²) in [5.74, 6) is 0. The zero-order valence-electron chi connectivity index (χ0n) is 8.86. The van der Waals surface area contributed by atoms with Crippen molar-refractivity contribution in [1.82, 2.24) is 0 Å². The molecule has 0 spiro atoms. The van der Waals surface area contributed by atoms with Gasteiger partial charge in [0.1, 0.15) is 0 Å². The molecule has 0 heterocycles. The second-order valence-corrected chi connectivity index (χ2v) is 5.68. The van der Waals surface area contributed by atoms with Crippen molar-refractivity contribution in [3.63, 3.8) is 0 Å². The molecule has 3 nitrogen and oxygen atoms in total. The molecule has 0 fully saturated rings. The first kappa shape index (κ1) is 18.3. The molecule has 0 aromatic carbocycles. The Balaban J connectivity index is 0. The Labute approximate surface area is 126 Å². The zero-order valence-corrected chi connectivity index (χ0v) is 13.7. The average molecular weight is 366 g/mol. The molecule has 0 bridgehead atoms. The minimum Gasteiger partial charge on any atom is -0.324 e. The van der Waals surface area contributed by atoms with Crippen molar-refractivity contribution in [2.75, 3.05) is 13.2 Å². The Bertz CT molecular complexity index is 155. The van der Waals surface area contributed by atoms with Gasteiger partial charge in [-0.15, -0.1) is 0 Å². The van der Waals surface area contributed by atoms with Gasteiger partial charge in [0.2, 0.25) is 0 Å². The van der Waals surface area contributed by atoms with Crippen LogP contribution in [0.4, 0.5) is 0 Å². The molecule has 0 saturated heterocycles. The van der Waals surface area contributed by atoms with Crippen LogP contribution in [-0.4, -0.2) is 18.1 Å². The van der Waals surface area contributed by atoms with Gasteiger partial charge in [-0.25, -0.2) is 0 Å². The van der Waals surface area contributed by atoms with Crippen molar-refractivity contribution in [2.45, 2.75) is 39.5 Å². The summed E-state index contributed by atoms with van der Waals surface area (Å²) in [7, 11) is 0. The molecular formula is C8H19CeO3PS. The van der Waals surface area contributed by atoms with Crippen LogP contribution in [0.2, 0.25) is 0 Å². The summed E-state index contributed by atoms with van der Waals surface area (Å²) in [4.78, 5) is 9.45. The molecule has 0 amide bonds. The first-order valence-electron chi connectivity index (χ1n) is 4.74. The number of unbranched alkanes of at least 4 members (excludes halogenated alkanes) is 2. The molecule has 0 aromatic heterocycles. The van der Waals surface area contributed by atoms with E-state index in [0.29, 0.717) is 13.2 Å². The van der Waals surface area contributed by atoms with E-state index in [2.05, 4.69) is 13.8 Å². The second-order valence-electron chi connectivity index (χ2n) is 2.84. The molecule has 0 atom stereocenters. The molecule has 0 rings (SSSR count). The van der Waals surface area contributed by atoms with Crippen LogP contribution in [0, 0.1) is 41.7 Å². The van der Waals surface area contributed by atoms with Crippen molar-refractivity contribution in [3.8, 4) is 0 Å². The monoisotopic (exact) mass is 366 g/mol. The minimum atomic E-state index is -2.92. The first-order valence-corrected chi connectivity index (χ1v) is 7.33. The van der Waals surface area contributed by atoms with Crippen LogP contribution in [0.25, 0.3) is 0 Å². The van der Waals surface area contributed by atoms with Crippen molar-refractivity contribution in [3.05, 3.63) is 0 Å². The molecule has 0 aliphatic carbocycles. The van der Waals surface area contributed by atoms with E-state index in [-0.39, 0.29) is 41.7 Å². The third-order valence-corrected chi connectivity index (χ3v) is 3.15. The standard InChI is InChI=1S/C8H19O3PS.Ce/c1-3-5-7-10-12(9,13)11-8-6-4-2;/h3-8H2,1-2H3,(H,9,13);. The van der Waals surface area contributed by atoms with Crippen molar-refractivity contribution < 1.29 is 55.7 Å². The molecule has 1 N–H and O–H groups in total. The van der Waals surface area contributed by atoms with E-state index >= 15 is 0 Å². The van der Waals surface area contributed by atoms with Gasteiger partial charge in [-0.2, -0.15) is 0 Å². The Hall–Kier alpha value is 1.91. The molecular weight excluding hydrogens is 347 g/mol. The van der Waals surface area contributed by atoms with E-state index in [9.17, 15) is 4.89 Å². The van der Waals surface area contributed by atoms with Crippen LogP contribution in [0.5, 0.6) is 0 Å². The minimum absolute atomic E-state index is 0. The van der Waals surface area contributed by atoms with Crippen LogP contribution in [0.3, 0.4) is 0 Å². The summed E-state index contributed by atoms with van der Waals surface area (Å²) >= 11 is 4.79. The fraction of sp³-hybridized carbons (Fsp3) is 1.00. The molecule has 0 radical (unpaired) electrons. The Kier molecular flexibility index (Phi) is 14.9. The van der Waals surface area contributed by atoms with Gasteiger partial charge in [-0.1, -0.05) is 26.7 Å². The first-order chi connectivity index (χ1) is 6.12.